The third-order valence-corrected chi connectivity index (χ3v) is 4.13. The summed E-state index contributed by atoms with van der Waals surface area (Å²) in [5.74, 6) is -0.311. The minimum absolute atomic E-state index is 0.228. The highest BCUT2D eigenvalue weighted by Gasteiger charge is 2.21. The first kappa shape index (κ1) is 16.2. The van der Waals surface area contributed by atoms with E-state index in [4.69, 9.17) is 9.47 Å². The van der Waals surface area contributed by atoms with Crippen molar-refractivity contribution in [3.05, 3.63) is 48.0 Å². The standard InChI is InChI=1S/C19H19NO4/c1-13(19(22)24-10-9-23-2)20-17-6-4-3-5-15(17)16-11-14(12-21)7-8-18(16)20/h3-8,11-13H,9-10H2,1-2H3. The molecule has 1 atom stereocenters. The highest BCUT2D eigenvalue weighted by Crippen LogP contribution is 2.32. The van der Waals surface area contributed by atoms with Gasteiger partial charge in [-0.3, -0.25) is 4.79 Å². The van der Waals surface area contributed by atoms with Crippen LogP contribution in [0.5, 0.6) is 0 Å². The van der Waals surface area contributed by atoms with Crippen molar-refractivity contribution < 1.29 is 19.1 Å². The second-order valence-electron chi connectivity index (χ2n) is 5.62. The molecule has 0 aliphatic heterocycles. The topological polar surface area (TPSA) is 57.5 Å². The Kier molecular flexibility index (Phi) is 4.62. The predicted octanol–water partition coefficient (Wildman–Crippen LogP) is 3.36. The normalized spacial score (nSPS) is 12.4. The lowest BCUT2D eigenvalue weighted by Crippen LogP contribution is -2.20. The molecule has 1 aromatic heterocycles. The molecule has 0 bridgehead atoms. The van der Waals surface area contributed by atoms with Crippen LogP contribution in [0.15, 0.2) is 42.5 Å². The van der Waals surface area contributed by atoms with Crippen LogP contribution in [0, 0.1) is 0 Å². The molecule has 0 saturated heterocycles. The second kappa shape index (κ2) is 6.84. The number of aldehydes is 1. The summed E-state index contributed by atoms with van der Waals surface area (Å²) in [6.45, 7) is 2.41. The van der Waals surface area contributed by atoms with Crippen molar-refractivity contribution in [1.82, 2.24) is 4.57 Å². The van der Waals surface area contributed by atoms with Gasteiger partial charge in [0.1, 0.15) is 18.9 Å². The molecule has 5 heteroatoms. The van der Waals surface area contributed by atoms with Crippen LogP contribution >= 0.6 is 0 Å². The molecule has 0 aliphatic carbocycles. The Labute approximate surface area is 139 Å². The number of esters is 1. The number of aromatic nitrogens is 1. The molecule has 1 heterocycles. The van der Waals surface area contributed by atoms with Gasteiger partial charge in [-0.25, -0.2) is 4.79 Å². The smallest absolute Gasteiger partial charge is 0.328 e. The van der Waals surface area contributed by atoms with E-state index in [9.17, 15) is 9.59 Å². The largest absolute Gasteiger partial charge is 0.462 e. The van der Waals surface area contributed by atoms with E-state index in [1.807, 2.05) is 47.9 Å². The Bertz CT molecular complexity index is 897. The number of methoxy groups -OCH3 is 1. The first-order valence-electron chi connectivity index (χ1n) is 7.81. The van der Waals surface area contributed by atoms with Crippen molar-refractivity contribution in [3.63, 3.8) is 0 Å². The van der Waals surface area contributed by atoms with E-state index in [2.05, 4.69) is 0 Å². The van der Waals surface area contributed by atoms with Gasteiger partial charge in [0.15, 0.2) is 0 Å². The Morgan fingerprint density at radius 1 is 1.12 bits per heavy atom. The minimum atomic E-state index is -0.480. The maximum atomic E-state index is 12.4. The molecule has 5 nitrogen and oxygen atoms in total. The van der Waals surface area contributed by atoms with E-state index in [0.717, 1.165) is 28.1 Å². The van der Waals surface area contributed by atoms with E-state index in [1.165, 1.54) is 0 Å². The molecule has 3 aromatic rings. The second-order valence-corrected chi connectivity index (χ2v) is 5.62. The lowest BCUT2D eigenvalue weighted by Gasteiger charge is -2.16. The summed E-state index contributed by atoms with van der Waals surface area (Å²) >= 11 is 0. The van der Waals surface area contributed by atoms with Crippen molar-refractivity contribution in [3.8, 4) is 0 Å². The third-order valence-electron chi connectivity index (χ3n) is 4.13. The number of carbonyl (C=O) groups is 2. The number of nitrogens with zero attached hydrogens (tertiary/aromatic N) is 1. The number of para-hydroxylation sites is 1. The van der Waals surface area contributed by atoms with Gasteiger partial charge in [-0.1, -0.05) is 18.2 Å². The monoisotopic (exact) mass is 325 g/mol. The van der Waals surface area contributed by atoms with Crippen LogP contribution in [0.2, 0.25) is 0 Å². The van der Waals surface area contributed by atoms with Crippen molar-refractivity contribution in [2.75, 3.05) is 20.3 Å². The predicted molar refractivity (Wildman–Crippen MR) is 92.4 cm³/mol. The quantitative estimate of drug-likeness (QED) is 0.396. The molecule has 0 saturated carbocycles. The van der Waals surface area contributed by atoms with Gasteiger partial charge in [-0.2, -0.15) is 0 Å². The van der Waals surface area contributed by atoms with Gasteiger partial charge in [0, 0.05) is 34.5 Å². The van der Waals surface area contributed by atoms with Crippen molar-refractivity contribution in [2.45, 2.75) is 13.0 Å². The molecule has 0 N–H and O–H groups in total. The molecule has 0 spiro atoms. The number of ether oxygens (including phenoxy) is 2. The number of hydrogen-bond donors (Lipinski definition) is 0. The zero-order valence-corrected chi connectivity index (χ0v) is 13.7. The third kappa shape index (κ3) is 2.78. The molecule has 0 fully saturated rings. The van der Waals surface area contributed by atoms with Crippen LogP contribution in [0.4, 0.5) is 0 Å². The van der Waals surface area contributed by atoms with Crippen LogP contribution in [0.3, 0.4) is 0 Å². The zero-order chi connectivity index (χ0) is 17.1. The van der Waals surface area contributed by atoms with E-state index in [-0.39, 0.29) is 12.6 Å². The number of rotatable bonds is 6. The number of hydrogen-bond acceptors (Lipinski definition) is 4. The number of fused-ring (bicyclic) bond motifs is 3. The SMILES string of the molecule is COCCOC(=O)C(C)n1c2ccccc2c2cc(C=O)ccc21. The van der Waals surface area contributed by atoms with E-state index < -0.39 is 6.04 Å². The minimum Gasteiger partial charge on any atom is -0.462 e. The van der Waals surface area contributed by atoms with Gasteiger partial charge in [0.2, 0.25) is 0 Å². The van der Waals surface area contributed by atoms with Crippen molar-refractivity contribution in [1.29, 1.82) is 0 Å². The first-order chi connectivity index (χ1) is 11.7. The summed E-state index contributed by atoms with van der Waals surface area (Å²) in [5, 5.41) is 1.96. The summed E-state index contributed by atoms with van der Waals surface area (Å²) in [4.78, 5) is 23.5. The van der Waals surface area contributed by atoms with Gasteiger partial charge in [-0.15, -0.1) is 0 Å². The lowest BCUT2D eigenvalue weighted by molar-refractivity contribution is -0.148. The Hall–Kier alpha value is -2.66. The fourth-order valence-electron chi connectivity index (χ4n) is 2.96. The van der Waals surface area contributed by atoms with Crippen LogP contribution in [0.25, 0.3) is 21.8 Å². The van der Waals surface area contributed by atoms with Crippen LogP contribution < -0.4 is 0 Å². The summed E-state index contributed by atoms with van der Waals surface area (Å²) in [5.41, 5.74) is 2.45. The Morgan fingerprint density at radius 3 is 2.62 bits per heavy atom. The highest BCUT2D eigenvalue weighted by molar-refractivity contribution is 6.10. The van der Waals surface area contributed by atoms with Gasteiger partial charge in [-0.05, 0) is 31.2 Å². The Morgan fingerprint density at radius 2 is 1.88 bits per heavy atom. The molecule has 0 aliphatic rings. The van der Waals surface area contributed by atoms with E-state index in [1.54, 1.807) is 13.2 Å². The molecule has 124 valence electrons. The maximum absolute atomic E-state index is 12.4. The molecular formula is C19H19NO4. The van der Waals surface area contributed by atoms with Gasteiger partial charge < -0.3 is 14.0 Å². The molecule has 0 amide bonds. The fraction of sp³-hybridized carbons (Fsp3) is 0.263. The highest BCUT2D eigenvalue weighted by atomic mass is 16.6. The summed E-state index contributed by atoms with van der Waals surface area (Å²) in [6.07, 6.45) is 0.827. The maximum Gasteiger partial charge on any atom is 0.328 e. The van der Waals surface area contributed by atoms with Gasteiger partial charge >= 0.3 is 5.97 Å². The van der Waals surface area contributed by atoms with Crippen molar-refractivity contribution >= 4 is 34.1 Å². The summed E-state index contributed by atoms with van der Waals surface area (Å²) < 4.78 is 12.1. The molecule has 1 unspecified atom stereocenters. The van der Waals surface area contributed by atoms with Gasteiger partial charge in [0.25, 0.3) is 0 Å². The number of benzene rings is 2. The molecule has 0 radical (unpaired) electrons. The molecular weight excluding hydrogens is 306 g/mol. The molecule has 24 heavy (non-hydrogen) atoms. The summed E-state index contributed by atoms with van der Waals surface area (Å²) in [6, 6.07) is 12.8. The fourth-order valence-corrected chi connectivity index (χ4v) is 2.96. The average molecular weight is 325 g/mol. The van der Waals surface area contributed by atoms with Gasteiger partial charge in [0.05, 0.1) is 6.61 Å². The number of carbonyl (C=O) groups excluding carboxylic acids is 2. The van der Waals surface area contributed by atoms with Crippen molar-refractivity contribution in [2.24, 2.45) is 0 Å². The summed E-state index contributed by atoms with van der Waals surface area (Å²) in [7, 11) is 1.56. The van der Waals surface area contributed by atoms with Crippen LogP contribution in [-0.4, -0.2) is 37.1 Å². The van der Waals surface area contributed by atoms with Crippen LogP contribution in [-0.2, 0) is 14.3 Å². The zero-order valence-electron chi connectivity index (χ0n) is 13.7. The lowest BCUT2D eigenvalue weighted by atomic mass is 10.1. The van der Waals surface area contributed by atoms with E-state index in [0.29, 0.717) is 12.2 Å². The molecule has 2 aromatic carbocycles. The Balaban J connectivity index is 2.11. The van der Waals surface area contributed by atoms with Crippen LogP contribution in [0.1, 0.15) is 23.3 Å². The average Bonchev–Trinajstić information content (AvgIpc) is 2.94. The molecule has 3 rings (SSSR count). The first-order valence-corrected chi connectivity index (χ1v) is 7.81. The van der Waals surface area contributed by atoms with E-state index >= 15 is 0 Å².